The maximum absolute atomic E-state index is 13.4. The number of hydrogen-bond donors (Lipinski definition) is 0. The Morgan fingerprint density at radius 3 is 1.77 bits per heavy atom. The van der Waals surface area contributed by atoms with Gasteiger partial charge in [-0.2, -0.15) is 0 Å². The van der Waals surface area contributed by atoms with E-state index in [1.54, 1.807) is 24.3 Å². The Balaban J connectivity index is 2.16. The van der Waals surface area contributed by atoms with Crippen LogP contribution >= 0.6 is 7.92 Å². The highest BCUT2D eigenvalue weighted by atomic mass is 32.2. The molecular weight excluding hydrogens is 369 g/mol. The lowest BCUT2D eigenvalue weighted by molar-refractivity contribution is 0.628. The molecule has 2 aromatic rings. The lowest BCUT2D eigenvalue weighted by Crippen LogP contribution is -2.23. The molecule has 1 aliphatic rings. The van der Waals surface area contributed by atoms with Crippen molar-refractivity contribution in [3.63, 3.8) is 0 Å². The molecule has 0 heterocycles. The Morgan fingerprint density at radius 2 is 1.35 bits per heavy atom. The maximum atomic E-state index is 13.4. The normalized spacial score (nSPS) is 15.8. The van der Waals surface area contributed by atoms with Crippen LogP contribution in [0.15, 0.2) is 70.9 Å². The summed E-state index contributed by atoms with van der Waals surface area (Å²) < 4.78 is 39.5. The van der Waals surface area contributed by atoms with Crippen molar-refractivity contribution in [3.05, 3.63) is 82.5 Å². The molecule has 1 unspecified atom stereocenters. The minimum Gasteiger partial charge on any atom is -0.254 e. The van der Waals surface area contributed by atoms with Gasteiger partial charge in [-0.05, 0) is 75.3 Å². The van der Waals surface area contributed by atoms with Gasteiger partial charge in [0.1, 0.15) is 11.6 Å². The Bertz CT molecular complexity index is 832. The zero-order chi connectivity index (χ0) is 18.9. The molecule has 1 nitrogen and oxygen atoms in total. The molecule has 0 bridgehead atoms. The summed E-state index contributed by atoms with van der Waals surface area (Å²) in [7, 11) is -2.16. The first-order valence-electron chi connectivity index (χ1n) is 8.40. The molecule has 1 aliphatic carbocycles. The minimum atomic E-state index is -1.13. The topological polar surface area (TPSA) is 17.1 Å². The van der Waals surface area contributed by atoms with Crippen LogP contribution in [0, 0.1) is 11.6 Å². The van der Waals surface area contributed by atoms with Gasteiger partial charge in [0.2, 0.25) is 0 Å². The number of rotatable bonds is 4. The largest absolute Gasteiger partial charge is 0.254 e. The average Bonchev–Trinajstić information content (AvgIpc) is 3.06. The molecule has 26 heavy (non-hydrogen) atoms. The molecule has 0 radical (unpaired) electrons. The summed E-state index contributed by atoms with van der Waals surface area (Å²) in [6, 6.07) is 12.8. The van der Waals surface area contributed by atoms with E-state index in [-0.39, 0.29) is 16.4 Å². The van der Waals surface area contributed by atoms with Gasteiger partial charge in [0.15, 0.2) is 0 Å². The van der Waals surface area contributed by atoms with Crippen molar-refractivity contribution in [2.75, 3.05) is 0 Å². The van der Waals surface area contributed by atoms with Gasteiger partial charge in [0.05, 0.1) is 10.8 Å². The molecule has 0 saturated carbocycles. The molecule has 0 aliphatic heterocycles. The van der Waals surface area contributed by atoms with Crippen LogP contribution in [0.4, 0.5) is 8.78 Å². The zero-order valence-corrected chi connectivity index (χ0v) is 16.7. The Morgan fingerprint density at radius 1 is 0.885 bits per heavy atom. The van der Waals surface area contributed by atoms with E-state index in [9.17, 15) is 13.0 Å². The number of allylic oxidation sites excluding steroid dienone is 4. The summed E-state index contributed by atoms with van der Waals surface area (Å²) in [4.78, 5) is 0.914. The van der Waals surface area contributed by atoms with E-state index < -0.39 is 18.7 Å². The van der Waals surface area contributed by atoms with Gasteiger partial charge in [0, 0.05) is 9.65 Å². The predicted molar refractivity (Wildman–Crippen MR) is 108 cm³/mol. The summed E-state index contributed by atoms with van der Waals surface area (Å²) in [6.07, 6.45) is 4.70. The Labute approximate surface area is 157 Å². The third-order valence-electron chi connectivity index (χ3n) is 4.06. The lowest BCUT2D eigenvalue weighted by Gasteiger charge is -2.24. The first kappa shape index (κ1) is 19.1. The number of halogens is 2. The highest BCUT2D eigenvalue weighted by molar-refractivity contribution is 7.91. The van der Waals surface area contributed by atoms with Crippen LogP contribution in [0.25, 0.3) is 0 Å². The number of hydrogen-bond acceptors (Lipinski definition) is 1. The van der Waals surface area contributed by atoms with Gasteiger partial charge >= 0.3 is 0 Å². The van der Waals surface area contributed by atoms with Crippen molar-refractivity contribution in [2.45, 2.75) is 31.9 Å². The second-order valence-corrected chi connectivity index (χ2v) is 11.5. The van der Waals surface area contributed by atoms with Crippen molar-refractivity contribution in [3.8, 4) is 0 Å². The Kier molecular flexibility index (Phi) is 5.55. The Hall–Kier alpha value is -1.64. The first-order chi connectivity index (χ1) is 12.3. The third kappa shape index (κ3) is 4.02. The van der Waals surface area contributed by atoms with Crippen molar-refractivity contribution in [2.24, 2.45) is 0 Å². The van der Waals surface area contributed by atoms with E-state index in [2.05, 4.69) is 0 Å². The van der Waals surface area contributed by atoms with Crippen molar-refractivity contribution in [1.29, 1.82) is 0 Å². The monoisotopic (exact) mass is 390 g/mol. The van der Waals surface area contributed by atoms with Crippen LogP contribution < -0.4 is 10.6 Å². The second-order valence-electron chi connectivity index (χ2n) is 7.08. The van der Waals surface area contributed by atoms with Gasteiger partial charge < -0.3 is 0 Å². The zero-order valence-electron chi connectivity index (χ0n) is 15.0. The van der Waals surface area contributed by atoms with E-state index in [4.69, 9.17) is 0 Å². The molecule has 2 aromatic carbocycles. The molecule has 136 valence electrons. The van der Waals surface area contributed by atoms with E-state index >= 15 is 0 Å². The van der Waals surface area contributed by atoms with E-state index in [0.717, 1.165) is 20.8 Å². The predicted octanol–water partition coefficient (Wildman–Crippen LogP) is 5.12. The molecule has 0 fully saturated rings. The highest BCUT2D eigenvalue weighted by Gasteiger charge is 2.30. The average molecular weight is 390 g/mol. The third-order valence-corrected chi connectivity index (χ3v) is 8.68. The summed E-state index contributed by atoms with van der Waals surface area (Å²) in [5.41, 5.74) is 0. The van der Waals surface area contributed by atoms with Crippen LogP contribution in [-0.4, -0.2) is 8.96 Å². The highest BCUT2D eigenvalue weighted by Crippen LogP contribution is 2.49. The van der Waals surface area contributed by atoms with Crippen LogP contribution in [0.3, 0.4) is 0 Å². The maximum Gasteiger partial charge on any atom is 0.123 e. The van der Waals surface area contributed by atoms with Gasteiger partial charge in [-0.1, -0.05) is 36.4 Å². The van der Waals surface area contributed by atoms with Crippen molar-refractivity contribution >= 4 is 29.3 Å². The van der Waals surface area contributed by atoms with Crippen molar-refractivity contribution < 1.29 is 13.0 Å². The summed E-state index contributed by atoms with van der Waals surface area (Å²) >= 11 is 0. The molecule has 3 rings (SSSR count). The molecule has 0 amide bonds. The smallest absolute Gasteiger partial charge is 0.123 e. The second kappa shape index (κ2) is 7.54. The van der Waals surface area contributed by atoms with Crippen LogP contribution in [-0.2, 0) is 10.8 Å². The van der Waals surface area contributed by atoms with Crippen LogP contribution in [0.2, 0.25) is 0 Å². The molecule has 5 heteroatoms. The fourth-order valence-corrected chi connectivity index (χ4v) is 6.93. The number of benzene rings is 2. The van der Waals surface area contributed by atoms with Gasteiger partial charge in [-0.25, -0.2) is 8.78 Å². The quantitative estimate of drug-likeness (QED) is 0.663. The minimum absolute atomic E-state index is 0.294. The SMILES string of the molecule is CC(C)(C)S(=O)C1=C(P(c2ccc(F)cc2)c2ccc(F)cc2)C=CC1. The lowest BCUT2D eigenvalue weighted by atomic mass is 10.3. The van der Waals surface area contributed by atoms with E-state index in [1.807, 2.05) is 32.9 Å². The standard InChI is InChI=1S/C21H21F2OPS/c1-21(2,3)26(24)20-6-4-5-19(20)25(17-11-7-15(22)8-12-17)18-13-9-16(23)10-14-18/h4-5,7-14H,6H2,1-3H3. The molecule has 1 atom stereocenters. The summed E-state index contributed by atoms with van der Waals surface area (Å²) in [5.74, 6) is -0.588. The van der Waals surface area contributed by atoms with Crippen molar-refractivity contribution in [1.82, 2.24) is 0 Å². The van der Waals surface area contributed by atoms with E-state index in [0.29, 0.717) is 6.42 Å². The fourth-order valence-electron chi connectivity index (χ4n) is 2.82. The fraction of sp³-hybridized carbons (Fsp3) is 0.238. The molecule has 0 spiro atoms. The molecule has 0 N–H and O–H groups in total. The first-order valence-corrected chi connectivity index (χ1v) is 10.9. The van der Waals surface area contributed by atoms with Crippen LogP contribution in [0.5, 0.6) is 0 Å². The van der Waals surface area contributed by atoms with Gasteiger partial charge in [-0.3, -0.25) is 4.21 Å². The summed E-state index contributed by atoms with van der Waals surface area (Å²) in [6.45, 7) is 5.89. The molecule has 0 saturated heterocycles. The molecule has 0 aromatic heterocycles. The van der Waals surface area contributed by atoms with Gasteiger partial charge in [0.25, 0.3) is 0 Å². The summed E-state index contributed by atoms with van der Waals surface area (Å²) in [5, 5.41) is 2.93. The van der Waals surface area contributed by atoms with Crippen LogP contribution in [0.1, 0.15) is 27.2 Å². The molecular formula is C21H21F2OPS. The van der Waals surface area contributed by atoms with Gasteiger partial charge in [-0.15, -0.1) is 0 Å². The van der Waals surface area contributed by atoms with E-state index in [1.165, 1.54) is 24.3 Å².